The number of methoxy groups -OCH3 is 2. The Kier molecular flexibility index (Phi) is 9.62. The lowest BCUT2D eigenvalue weighted by atomic mass is 10.1. The van der Waals surface area contributed by atoms with Crippen LogP contribution in [-0.4, -0.2) is 37.3 Å². The Morgan fingerprint density at radius 2 is 1.65 bits per heavy atom. The maximum atomic E-state index is 5.48. The average Bonchev–Trinajstić information content (AvgIpc) is 3.11. The van der Waals surface area contributed by atoms with Crippen LogP contribution in [0.15, 0.2) is 35.7 Å². The van der Waals surface area contributed by atoms with Crippen molar-refractivity contribution in [2.45, 2.75) is 33.7 Å². The molecule has 0 saturated carbocycles. The van der Waals surface area contributed by atoms with Crippen LogP contribution >= 0.6 is 11.3 Å². The molecule has 0 fully saturated rings. The quantitative estimate of drug-likeness (QED) is 0.655. The molecule has 5 nitrogen and oxygen atoms in total. The molecule has 0 amide bonds. The second kappa shape index (κ2) is 11.4. The molecule has 1 aromatic carbocycles. The highest BCUT2D eigenvalue weighted by atomic mass is 32.1. The van der Waals surface area contributed by atoms with Crippen LogP contribution in [0, 0.1) is 0 Å². The van der Waals surface area contributed by atoms with Gasteiger partial charge in [-0.25, -0.2) is 9.97 Å². The third-order valence-corrected chi connectivity index (χ3v) is 3.85. The molecular formula is C20H29N3O2S. The van der Waals surface area contributed by atoms with Crippen LogP contribution in [0.1, 0.15) is 27.7 Å². The molecule has 2 heterocycles. The van der Waals surface area contributed by atoms with Crippen molar-refractivity contribution in [3.05, 3.63) is 35.7 Å². The van der Waals surface area contributed by atoms with Crippen molar-refractivity contribution in [1.29, 1.82) is 0 Å². The van der Waals surface area contributed by atoms with E-state index in [-0.39, 0.29) is 0 Å². The second-order valence-corrected chi connectivity index (χ2v) is 6.33. The molecule has 3 rings (SSSR count). The number of hydrogen-bond acceptors (Lipinski definition) is 6. The first-order chi connectivity index (χ1) is 12.6. The van der Waals surface area contributed by atoms with Crippen molar-refractivity contribution < 1.29 is 9.47 Å². The summed E-state index contributed by atoms with van der Waals surface area (Å²) in [5.74, 6) is 0.821. The minimum atomic E-state index is 0.364. The number of anilines is 1. The van der Waals surface area contributed by atoms with Gasteiger partial charge in [0.15, 0.2) is 5.13 Å². The van der Waals surface area contributed by atoms with E-state index in [4.69, 9.17) is 4.74 Å². The fourth-order valence-corrected chi connectivity index (χ4v) is 3.00. The van der Waals surface area contributed by atoms with Crippen LogP contribution in [0.25, 0.3) is 22.3 Å². The average molecular weight is 376 g/mol. The summed E-state index contributed by atoms with van der Waals surface area (Å²) in [7, 11) is 4.93. The number of pyridine rings is 1. The first-order valence-corrected chi connectivity index (χ1v) is 9.53. The van der Waals surface area contributed by atoms with Gasteiger partial charge in [0.05, 0.1) is 18.3 Å². The molecular weight excluding hydrogens is 346 g/mol. The van der Waals surface area contributed by atoms with Gasteiger partial charge >= 0.3 is 0 Å². The summed E-state index contributed by atoms with van der Waals surface area (Å²) in [6, 6.07) is 10.3. The monoisotopic (exact) mass is 375 g/mol. The Hall–Kier alpha value is -2.18. The molecule has 0 aliphatic heterocycles. The van der Waals surface area contributed by atoms with E-state index in [0.29, 0.717) is 6.04 Å². The molecule has 0 unspecified atom stereocenters. The van der Waals surface area contributed by atoms with E-state index in [1.165, 1.54) is 0 Å². The fraction of sp³-hybridized carbons (Fsp3) is 0.400. The molecule has 0 radical (unpaired) electrons. The predicted molar refractivity (Wildman–Crippen MR) is 112 cm³/mol. The molecule has 3 aromatic rings. The first kappa shape index (κ1) is 21.9. The van der Waals surface area contributed by atoms with Crippen LogP contribution in [0.4, 0.5) is 5.13 Å². The summed E-state index contributed by atoms with van der Waals surface area (Å²) in [4.78, 5) is 9.28. The molecule has 0 spiro atoms. The molecule has 1 N–H and O–H groups in total. The number of rotatable bonds is 4. The van der Waals surface area contributed by atoms with Crippen molar-refractivity contribution in [3.63, 3.8) is 0 Å². The van der Waals surface area contributed by atoms with Crippen molar-refractivity contribution in [1.82, 2.24) is 9.97 Å². The fourth-order valence-electron chi connectivity index (χ4n) is 2.15. The van der Waals surface area contributed by atoms with Gasteiger partial charge in [-0.3, -0.25) is 0 Å². The predicted octanol–water partition coefficient (Wildman–Crippen LogP) is 5.48. The summed E-state index contributed by atoms with van der Waals surface area (Å²) in [5.41, 5.74) is 2.61. The van der Waals surface area contributed by atoms with E-state index in [9.17, 15) is 0 Å². The highest BCUT2D eigenvalue weighted by molar-refractivity contribution is 7.14. The van der Waals surface area contributed by atoms with Gasteiger partial charge in [0.1, 0.15) is 11.4 Å². The molecule has 142 valence electrons. The van der Waals surface area contributed by atoms with E-state index >= 15 is 0 Å². The third-order valence-electron chi connectivity index (χ3n) is 3.08. The number of thiazole rings is 1. The Labute approximate surface area is 160 Å². The minimum absolute atomic E-state index is 0.364. The zero-order valence-electron chi connectivity index (χ0n) is 16.7. The molecule has 0 atom stereocenters. The van der Waals surface area contributed by atoms with Gasteiger partial charge in [-0.05, 0) is 26.0 Å². The van der Waals surface area contributed by atoms with Crippen LogP contribution in [0.3, 0.4) is 0 Å². The molecule has 0 bridgehead atoms. The lowest BCUT2D eigenvalue weighted by molar-refractivity contribution is 0.277. The van der Waals surface area contributed by atoms with Gasteiger partial charge in [-0.2, -0.15) is 0 Å². The number of ether oxygens (including phenoxy) is 2. The number of benzene rings is 1. The minimum Gasteiger partial charge on any atom is -0.496 e. The van der Waals surface area contributed by atoms with Crippen molar-refractivity contribution in [3.8, 4) is 17.1 Å². The maximum Gasteiger partial charge on any atom is 0.183 e. The smallest absolute Gasteiger partial charge is 0.183 e. The number of para-hydroxylation sites is 1. The summed E-state index contributed by atoms with van der Waals surface area (Å²) < 4.78 is 9.73. The topological polar surface area (TPSA) is 56.3 Å². The highest BCUT2D eigenvalue weighted by Gasteiger charge is 2.11. The summed E-state index contributed by atoms with van der Waals surface area (Å²) in [6.45, 7) is 8.19. The SMILES string of the molecule is CC.COC.COc1cc(-c2csc(NC(C)C)n2)nc2ccccc12. The summed E-state index contributed by atoms with van der Waals surface area (Å²) in [5, 5.41) is 7.25. The number of aromatic nitrogens is 2. The van der Waals surface area contributed by atoms with Gasteiger partial charge in [-0.15, -0.1) is 11.3 Å². The van der Waals surface area contributed by atoms with Gasteiger partial charge < -0.3 is 14.8 Å². The van der Waals surface area contributed by atoms with Crippen LogP contribution in [-0.2, 0) is 4.74 Å². The number of fused-ring (bicyclic) bond motifs is 1. The Morgan fingerprint density at radius 3 is 2.27 bits per heavy atom. The van der Waals surface area contributed by atoms with E-state index in [1.807, 2.05) is 49.6 Å². The largest absolute Gasteiger partial charge is 0.496 e. The van der Waals surface area contributed by atoms with Crippen LogP contribution in [0.5, 0.6) is 5.75 Å². The first-order valence-electron chi connectivity index (χ1n) is 8.65. The van der Waals surface area contributed by atoms with E-state index in [0.717, 1.165) is 33.2 Å². The Bertz CT molecular complexity index is 788. The highest BCUT2D eigenvalue weighted by Crippen LogP contribution is 2.31. The van der Waals surface area contributed by atoms with Gasteiger partial charge in [0.2, 0.25) is 0 Å². The standard InChI is InChI=1S/C16H17N3OS.C2H6O.C2H6/c1-10(2)17-16-19-14(9-21-16)13-8-15(20-3)11-6-4-5-7-12(11)18-13;1-3-2;1-2/h4-10H,1-3H3,(H,17,19);1-2H3;1-2H3. The Morgan fingerprint density at radius 1 is 1.00 bits per heavy atom. The molecule has 0 aliphatic rings. The molecule has 0 aliphatic carbocycles. The zero-order chi connectivity index (χ0) is 19.5. The Balaban J connectivity index is 0.000000615. The van der Waals surface area contributed by atoms with E-state index < -0.39 is 0 Å². The van der Waals surface area contributed by atoms with Crippen LogP contribution < -0.4 is 10.1 Å². The summed E-state index contributed by atoms with van der Waals surface area (Å²) in [6.07, 6.45) is 0. The second-order valence-electron chi connectivity index (χ2n) is 5.47. The van der Waals surface area contributed by atoms with Gasteiger partial charge in [0, 0.05) is 37.1 Å². The number of nitrogens with zero attached hydrogens (tertiary/aromatic N) is 2. The van der Waals surface area contributed by atoms with Crippen molar-refractivity contribution >= 4 is 27.4 Å². The molecule has 2 aromatic heterocycles. The number of hydrogen-bond donors (Lipinski definition) is 1. The lowest BCUT2D eigenvalue weighted by Crippen LogP contribution is -2.09. The zero-order valence-corrected chi connectivity index (χ0v) is 17.5. The van der Waals surface area contributed by atoms with Crippen molar-refractivity contribution in [2.75, 3.05) is 26.6 Å². The molecule has 6 heteroatoms. The van der Waals surface area contributed by atoms with Crippen LogP contribution in [0.2, 0.25) is 0 Å². The lowest BCUT2D eigenvalue weighted by Gasteiger charge is -2.07. The maximum absolute atomic E-state index is 5.48. The van der Waals surface area contributed by atoms with E-state index in [2.05, 4.69) is 33.9 Å². The number of nitrogens with one attached hydrogen (secondary N) is 1. The normalized spacial score (nSPS) is 9.85. The third kappa shape index (κ3) is 5.97. The molecule has 0 saturated heterocycles. The van der Waals surface area contributed by atoms with Gasteiger partial charge in [-0.1, -0.05) is 26.0 Å². The molecule has 26 heavy (non-hydrogen) atoms. The van der Waals surface area contributed by atoms with E-state index in [1.54, 1.807) is 32.7 Å². The summed E-state index contributed by atoms with van der Waals surface area (Å²) >= 11 is 1.59. The van der Waals surface area contributed by atoms with Gasteiger partial charge in [0.25, 0.3) is 0 Å². The van der Waals surface area contributed by atoms with Crippen molar-refractivity contribution in [2.24, 2.45) is 0 Å².